The average molecular weight is 545 g/mol. The molecule has 0 saturated carbocycles. The van der Waals surface area contributed by atoms with Crippen LogP contribution in [-0.2, 0) is 6.54 Å². The smallest absolute Gasteiger partial charge is 0.213 e. The molecule has 1 aliphatic rings. The minimum Gasteiger partial charge on any atom is -0.475 e. The molecule has 0 aliphatic carbocycles. The van der Waals surface area contributed by atoms with Crippen LogP contribution in [-0.4, -0.2) is 47.7 Å². The predicted molar refractivity (Wildman–Crippen MR) is 133 cm³/mol. The topological polar surface area (TPSA) is 74.7 Å². The molecule has 30 heavy (non-hydrogen) atoms. The molecule has 3 rings (SSSR count). The van der Waals surface area contributed by atoms with Crippen molar-refractivity contribution >= 4 is 47.4 Å². The molecular weight excluding hydrogens is 515 g/mol. The van der Waals surface area contributed by atoms with Crippen molar-refractivity contribution in [1.29, 1.82) is 0 Å². The van der Waals surface area contributed by atoms with E-state index in [0.717, 1.165) is 43.4 Å². The number of hydrogen-bond donors (Lipinski definition) is 2. The highest BCUT2D eigenvalue weighted by atomic mass is 127. The molecule has 0 spiro atoms. The van der Waals surface area contributed by atoms with Crippen molar-refractivity contribution in [3.05, 3.63) is 47.2 Å². The summed E-state index contributed by atoms with van der Waals surface area (Å²) in [5.74, 6) is 2.28. The number of halogens is 2. The van der Waals surface area contributed by atoms with Gasteiger partial charge in [-0.1, -0.05) is 17.7 Å². The molecule has 0 aromatic carbocycles. The summed E-state index contributed by atoms with van der Waals surface area (Å²) >= 11 is 6.29. The Balaban J connectivity index is 0.00000320. The van der Waals surface area contributed by atoms with E-state index in [0.29, 0.717) is 17.4 Å². The number of pyridine rings is 2. The second-order valence-corrected chi connectivity index (χ2v) is 7.66. The van der Waals surface area contributed by atoms with Crippen LogP contribution in [0.3, 0.4) is 0 Å². The molecule has 0 amide bonds. The van der Waals surface area contributed by atoms with Crippen LogP contribution in [0.1, 0.15) is 32.8 Å². The summed E-state index contributed by atoms with van der Waals surface area (Å²) in [6, 6.07) is 7.89. The molecule has 0 radical (unpaired) electrons. The summed E-state index contributed by atoms with van der Waals surface area (Å²) in [5, 5.41) is 7.53. The Hall–Kier alpha value is -1.81. The fraction of sp³-hybridized carbons (Fsp3) is 0.476. The van der Waals surface area contributed by atoms with Crippen LogP contribution in [0, 0.1) is 0 Å². The Morgan fingerprint density at radius 1 is 1.33 bits per heavy atom. The standard InChI is InChI=1S/C21H29ClN6O.HI/c1-4-23-21(26-13-16-7-8-19(25-12-16)29-15(2)3)27-17-9-11-28(14-17)20-18(22)6-5-10-24-20;/h5-8,10,12,15,17H,4,9,11,13-14H2,1-3H3,(H2,23,26,27);1H. The highest BCUT2D eigenvalue weighted by Crippen LogP contribution is 2.25. The Bertz CT molecular complexity index is 817. The highest BCUT2D eigenvalue weighted by molar-refractivity contribution is 14.0. The van der Waals surface area contributed by atoms with E-state index in [1.807, 2.05) is 44.3 Å². The lowest BCUT2D eigenvalue weighted by molar-refractivity contribution is 0.232. The Labute approximate surface area is 200 Å². The summed E-state index contributed by atoms with van der Waals surface area (Å²) in [6.45, 7) is 9.13. The van der Waals surface area contributed by atoms with Gasteiger partial charge in [-0.05, 0) is 44.9 Å². The van der Waals surface area contributed by atoms with Gasteiger partial charge in [0.15, 0.2) is 5.96 Å². The van der Waals surface area contributed by atoms with Crippen LogP contribution >= 0.6 is 35.6 Å². The van der Waals surface area contributed by atoms with E-state index in [-0.39, 0.29) is 36.1 Å². The van der Waals surface area contributed by atoms with Crippen LogP contribution in [0.2, 0.25) is 5.02 Å². The lowest BCUT2D eigenvalue weighted by Gasteiger charge is -2.20. The van der Waals surface area contributed by atoms with E-state index in [1.54, 1.807) is 6.20 Å². The second-order valence-electron chi connectivity index (χ2n) is 7.25. The van der Waals surface area contributed by atoms with Crippen LogP contribution in [0.15, 0.2) is 41.7 Å². The molecule has 3 heterocycles. The van der Waals surface area contributed by atoms with Crippen molar-refractivity contribution < 1.29 is 4.74 Å². The van der Waals surface area contributed by atoms with Gasteiger partial charge in [-0.2, -0.15) is 0 Å². The van der Waals surface area contributed by atoms with Crippen molar-refractivity contribution in [2.24, 2.45) is 4.99 Å². The monoisotopic (exact) mass is 544 g/mol. The molecule has 9 heteroatoms. The molecule has 1 unspecified atom stereocenters. The zero-order valence-electron chi connectivity index (χ0n) is 17.6. The summed E-state index contributed by atoms with van der Waals surface area (Å²) in [6.07, 6.45) is 4.70. The minimum atomic E-state index is 0. The third-order valence-electron chi connectivity index (χ3n) is 4.49. The fourth-order valence-electron chi connectivity index (χ4n) is 3.18. The van der Waals surface area contributed by atoms with Gasteiger partial charge >= 0.3 is 0 Å². The largest absolute Gasteiger partial charge is 0.475 e. The first-order valence-corrected chi connectivity index (χ1v) is 10.4. The number of rotatable bonds is 7. The zero-order chi connectivity index (χ0) is 20.6. The third-order valence-corrected chi connectivity index (χ3v) is 4.78. The number of guanidine groups is 1. The lowest BCUT2D eigenvalue weighted by Crippen LogP contribution is -2.44. The van der Waals surface area contributed by atoms with E-state index >= 15 is 0 Å². The van der Waals surface area contributed by atoms with Gasteiger partial charge in [0.1, 0.15) is 5.82 Å². The predicted octanol–water partition coefficient (Wildman–Crippen LogP) is 3.87. The maximum atomic E-state index is 6.29. The number of nitrogens with one attached hydrogen (secondary N) is 2. The van der Waals surface area contributed by atoms with Gasteiger partial charge in [0.25, 0.3) is 0 Å². The Morgan fingerprint density at radius 2 is 2.17 bits per heavy atom. The van der Waals surface area contributed by atoms with E-state index in [1.165, 1.54) is 0 Å². The number of hydrogen-bond acceptors (Lipinski definition) is 5. The van der Waals surface area contributed by atoms with E-state index in [4.69, 9.17) is 21.3 Å². The number of nitrogens with zero attached hydrogens (tertiary/aromatic N) is 4. The molecule has 0 bridgehead atoms. The maximum absolute atomic E-state index is 6.29. The number of anilines is 1. The first kappa shape index (κ1) is 24.5. The van der Waals surface area contributed by atoms with E-state index in [9.17, 15) is 0 Å². The molecule has 1 fully saturated rings. The second kappa shape index (κ2) is 12.1. The number of ether oxygens (including phenoxy) is 1. The van der Waals surface area contributed by atoms with Crippen LogP contribution in [0.25, 0.3) is 0 Å². The van der Waals surface area contributed by atoms with Crippen molar-refractivity contribution in [1.82, 2.24) is 20.6 Å². The normalized spacial score (nSPS) is 16.4. The van der Waals surface area contributed by atoms with Gasteiger partial charge < -0.3 is 20.3 Å². The summed E-state index contributed by atoms with van der Waals surface area (Å²) in [4.78, 5) is 15.7. The first-order chi connectivity index (χ1) is 14.0. The molecule has 1 saturated heterocycles. The van der Waals surface area contributed by atoms with Crippen molar-refractivity contribution in [2.45, 2.75) is 45.9 Å². The van der Waals surface area contributed by atoms with Crippen LogP contribution in [0.5, 0.6) is 5.88 Å². The molecule has 7 nitrogen and oxygen atoms in total. The van der Waals surface area contributed by atoms with Gasteiger partial charge in [0.05, 0.1) is 17.7 Å². The fourth-order valence-corrected chi connectivity index (χ4v) is 3.42. The highest BCUT2D eigenvalue weighted by Gasteiger charge is 2.25. The zero-order valence-corrected chi connectivity index (χ0v) is 20.7. The number of aromatic nitrogens is 2. The molecule has 2 N–H and O–H groups in total. The molecule has 1 aliphatic heterocycles. The van der Waals surface area contributed by atoms with Gasteiger partial charge in [-0.25, -0.2) is 15.0 Å². The summed E-state index contributed by atoms with van der Waals surface area (Å²) < 4.78 is 5.59. The van der Waals surface area contributed by atoms with Gasteiger partial charge in [-0.3, -0.25) is 0 Å². The number of aliphatic imine (C=N–C) groups is 1. The third kappa shape index (κ3) is 7.16. The van der Waals surface area contributed by atoms with E-state index < -0.39 is 0 Å². The molecule has 2 aromatic rings. The summed E-state index contributed by atoms with van der Waals surface area (Å²) in [5.41, 5.74) is 1.03. The van der Waals surface area contributed by atoms with Crippen molar-refractivity contribution in [2.75, 3.05) is 24.5 Å². The average Bonchev–Trinajstić information content (AvgIpc) is 3.15. The van der Waals surface area contributed by atoms with E-state index in [2.05, 4.69) is 32.4 Å². The SMILES string of the molecule is CCNC(=NCc1ccc(OC(C)C)nc1)NC1CCN(c2ncccc2Cl)C1.I. The quantitative estimate of drug-likeness (QED) is 0.313. The Kier molecular flexibility index (Phi) is 9.90. The molecule has 164 valence electrons. The summed E-state index contributed by atoms with van der Waals surface area (Å²) in [7, 11) is 0. The Morgan fingerprint density at radius 3 is 2.83 bits per heavy atom. The minimum absolute atomic E-state index is 0. The maximum Gasteiger partial charge on any atom is 0.213 e. The molecular formula is C21H30ClIN6O. The van der Waals surface area contributed by atoms with Crippen molar-refractivity contribution in [3.8, 4) is 5.88 Å². The lowest BCUT2D eigenvalue weighted by atomic mass is 10.2. The van der Waals surface area contributed by atoms with Gasteiger partial charge in [0, 0.05) is 44.1 Å². The van der Waals surface area contributed by atoms with Crippen LogP contribution in [0.4, 0.5) is 5.82 Å². The van der Waals surface area contributed by atoms with Gasteiger partial charge in [0.2, 0.25) is 5.88 Å². The van der Waals surface area contributed by atoms with Crippen LogP contribution < -0.4 is 20.3 Å². The molecule has 2 aromatic heterocycles. The van der Waals surface area contributed by atoms with Crippen molar-refractivity contribution in [3.63, 3.8) is 0 Å². The van der Waals surface area contributed by atoms with Gasteiger partial charge in [-0.15, -0.1) is 24.0 Å². The first-order valence-electron chi connectivity index (χ1n) is 10.1. The molecule has 1 atom stereocenters.